The van der Waals surface area contributed by atoms with Gasteiger partial charge in [0.25, 0.3) is 5.91 Å². The van der Waals surface area contributed by atoms with Crippen molar-refractivity contribution in [2.45, 2.75) is 52.0 Å². The Kier molecular flexibility index (Phi) is 4.85. The second-order valence-electron chi connectivity index (χ2n) is 5.95. The van der Waals surface area contributed by atoms with E-state index in [-0.39, 0.29) is 11.9 Å². The molecule has 2 aromatic rings. The van der Waals surface area contributed by atoms with Gasteiger partial charge >= 0.3 is 0 Å². The normalized spacial score (nSPS) is 15.4. The van der Waals surface area contributed by atoms with Gasteiger partial charge in [-0.25, -0.2) is 15.0 Å². The van der Waals surface area contributed by atoms with Crippen molar-refractivity contribution in [2.75, 3.05) is 5.32 Å². The number of thiazole rings is 1. The van der Waals surface area contributed by atoms with Gasteiger partial charge in [-0.1, -0.05) is 19.3 Å². The number of hydrogen-bond donors (Lipinski definition) is 2. The molecule has 1 fully saturated rings. The minimum atomic E-state index is -0.0949. The van der Waals surface area contributed by atoms with Crippen LogP contribution < -0.4 is 10.6 Å². The van der Waals surface area contributed by atoms with Gasteiger partial charge in [-0.3, -0.25) is 4.79 Å². The smallest absolute Gasteiger partial charge is 0.271 e. The molecule has 2 N–H and O–H groups in total. The van der Waals surface area contributed by atoms with Crippen LogP contribution in [0.4, 0.5) is 11.1 Å². The third kappa shape index (κ3) is 4.25. The largest absolute Gasteiger partial charge is 0.348 e. The Hall–Kier alpha value is -2.02. The summed E-state index contributed by atoms with van der Waals surface area (Å²) in [5.74, 6) is 0.415. The van der Waals surface area contributed by atoms with Gasteiger partial charge in [0.1, 0.15) is 5.69 Å². The highest BCUT2D eigenvalue weighted by Crippen LogP contribution is 2.21. The molecule has 0 aromatic carbocycles. The molecule has 1 aliphatic carbocycles. The Labute approximate surface area is 139 Å². The molecule has 0 radical (unpaired) electrons. The third-order valence-corrected chi connectivity index (χ3v) is 4.64. The highest BCUT2D eigenvalue weighted by Gasteiger charge is 2.18. The summed E-state index contributed by atoms with van der Waals surface area (Å²) >= 11 is 1.38. The second kappa shape index (κ2) is 7.04. The SMILES string of the molecule is Cc1cc(C)nc(Nc2nc(C(=O)NC3CCCCC3)cs2)n1. The van der Waals surface area contributed by atoms with E-state index in [1.165, 1.54) is 30.6 Å². The second-order valence-corrected chi connectivity index (χ2v) is 6.80. The summed E-state index contributed by atoms with van der Waals surface area (Å²) < 4.78 is 0. The molecule has 2 heterocycles. The molecular formula is C16H21N5OS. The summed E-state index contributed by atoms with van der Waals surface area (Å²) in [5.41, 5.74) is 2.24. The van der Waals surface area contributed by atoms with Crippen LogP contribution in [-0.2, 0) is 0 Å². The van der Waals surface area contributed by atoms with Crippen molar-refractivity contribution in [2.24, 2.45) is 0 Å². The van der Waals surface area contributed by atoms with E-state index in [4.69, 9.17) is 0 Å². The predicted molar refractivity (Wildman–Crippen MR) is 91.2 cm³/mol. The molecule has 122 valence electrons. The zero-order chi connectivity index (χ0) is 16.2. The maximum atomic E-state index is 12.3. The number of anilines is 2. The van der Waals surface area contributed by atoms with Gasteiger partial charge < -0.3 is 10.6 Å². The maximum Gasteiger partial charge on any atom is 0.271 e. The summed E-state index contributed by atoms with van der Waals surface area (Å²) in [7, 11) is 0. The predicted octanol–water partition coefficient (Wildman–Crippen LogP) is 3.36. The molecule has 2 aromatic heterocycles. The number of aromatic nitrogens is 3. The lowest BCUT2D eigenvalue weighted by atomic mass is 9.95. The van der Waals surface area contributed by atoms with Gasteiger partial charge in [0, 0.05) is 22.8 Å². The topological polar surface area (TPSA) is 79.8 Å². The van der Waals surface area contributed by atoms with E-state index < -0.39 is 0 Å². The van der Waals surface area contributed by atoms with E-state index >= 15 is 0 Å². The number of carbonyl (C=O) groups excluding carboxylic acids is 1. The van der Waals surface area contributed by atoms with Crippen LogP contribution in [0.2, 0.25) is 0 Å². The van der Waals surface area contributed by atoms with Crippen molar-refractivity contribution < 1.29 is 4.79 Å². The van der Waals surface area contributed by atoms with Gasteiger partial charge in [-0.15, -0.1) is 11.3 Å². The number of nitrogens with zero attached hydrogens (tertiary/aromatic N) is 3. The first kappa shape index (κ1) is 15.9. The number of carbonyl (C=O) groups is 1. The number of amides is 1. The fourth-order valence-corrected chi connectivity index (χ4v) is 3.50. The molecule has 7 heteroatoms. The van der Waals surface area contributed by atoms with Crippen LogP contribution in [0.15, 0.2) is 11.4 Å². The third-order valence-electron chi connectivity index (χ3n) is 3.88. The molecule has 0 atom stereocenters. The molecule has 1 amide bonds. The van der Waals surface area contributed by atoms with Crippen molar-refractivity contribution in [3.63, 3.8) is 0 Å². The van der Waals surface area contributed by atoms with Crippen LogP contribution in [0, 0.1) is 13.8 Å². The molecule has 0 aliphatic heterocycles. The zero-order valence-corrected chi connectivity index (χ0v) is 14.2. The monoisotopic (exact) mass is 331 g/mol. The Morgan fingerprint density at radius 2 is 1.83 bits per heavy atom. The number of nitrogens with one attached hydrogen (secondary N) is 2. The molecule has 0 bridgehead atoms. The number of aryl methyl sites for hydroxylation is 2. The van der Waals surface area contributed by atoms with Gasteiger partial charge in [0.2, 0.25) is 5.95 Å². The van der Waals surface area contributed by atoms with Gasteiger partial charge in [0.15, 0.2) is 5.13 Å². The lowest BCUT2D eigenvalue weighted by Crippen LogP contribution is -2.36. The molecule has 0 saturated heterocycles. The zero-order valence-electron chi connectivity index (χ0n) is 13.4. The van der Waals surface area contributed by atoms with Crippen LogP contribution in [0.1, 0.15) is 54.0 Å². The van der Waals surface area contributed by atoms with Crippen molar-refractivity contribution >= 4 is 28.3 Å². The van der Waals surface area contributed by atoms with Crippen LogP contribution in [0.3, 0.4) is 0 Å². The first-order chi connectivity index (χ1) is 11.1. The minimum Gasteiger partial charge on any atom is -0.348 e. The van der Waals surface area contributed by atoms with Crippen molar-refractivity contribution in [1.29, 1.82) is 0 Å². The van der Waals surface area contributed by atoms with E-state index in [1.807, 2.05) is 19.9 Å². The maximum absolute atomic E-state index is 12.3. The fourth-order valence-electron chi connectivity index (χ4n) is 2.82. The van der Waals surface area contributed by atoms with Crippen LogP contribution in [0.25, 0.3) is 0 Å². The molecule has 1 aliphatic rings. The lowest BCUT2D eigenvalue weighted by Gasteiger charge is -2.22. The Bertz CT molecular complexity index is 673. The van der Waals surface area contributed by atoms with E-state index in [9.17, 15) is 4.79 Å². The summed E-state index contributed by atoms with van der Waals surface area (Å²) in [6, 6.07) is 2.20. The molecule has 0 spiro atoms. The Morgan fingerprint density at radius 1 is 1.13 bits per heavy atom. The minimum absolute atomic E-state index is 0.0949. The quantitative estimate of drug-likeness (QED) is 0.898. The molecule has 23 heavy (non-hydrogen) atoms. The summed E-state index contributed by atoms with van der Waals surface area (Å²) in [6.07, 6.45) is 5.79. The van der Waals surface area contributed by atoms with Gasteiger partial charge in [-0.2, -0.15) is 0 Å². The standard InChI is InChI=1S/C16H21N5OS/c1-10-8-11(2)18-15(17-10)21-16-20-13(9-23-16)14(22)19-12-6-4-3-5-7-12/h8-9,12H,3-7H2,1-2H3,(H,19,22)(H,17,18,20,21). The van der Waals surface area contributed by atoms with Crippen molar-refractivity contribution in [3.8, 4) is 0 Å². The fraction of sp³-hybridized carbons (Fsp3) is 0.500. The first-order valence-electron chi connectivity index (χ1n) is 7.96. The Morgan fingerprint density at radius 3 is 2.52 bits per heavy atom. The van der Waals surface area contributed by atoms with E-state index in [2.05, 4.69) is 25.6 Å². The highest BCUT2D eigenvalue weighted by molar-refractivity contribution is 7.14. The van der Waals surface area contributed by atoms with Crippen LogP contribution >= 0.6 is 11.3 Å². The molecule has 3 rings (SSSR count). The van der Waals surface area contributed by atoms with Crippen molar-refractivity contribution in [1.82, 2.24) is 20.3 Å². The molecular weight excluding hydrogens is 310 g/mol. The Balaban J connectivity index is 1.64. The van der Waals surface area contributed by atoms with Crippen LogP contribution in [0.5, 0.6) is 0 Å². The van der Waals surface area contributed by atoms with E-state index in [1.54, 1.807) is 5.38 Å². The number of hydrogen-bond acceptors (Lipinski definition) is 6. The van der Waals surface area contributed by atoms with Gasteiger partial charge in [0.05, 0.1) is 0 Å². The lowest BCUT2D eigenvalue weighted by molar-refractivity contribution is 0.0923. The molecule has 6 nitrogen and oxygen atoms in total. The van der Waals surface area contributed by atoms with Gasteiger partial charge in [-0.05, 0) is 32.8 Å². The first-order valence-corrected chi connectivity index (χ1v) is 8.84. The van der Waals surface area contributed by atoms with Crippen molar-refractivity contribution in [3.05, 3.63) is 28.5 Å². The average Bonchev–Trinajstić information content (AvgIpc) is 2.96. The van der Waals surface area contributed by atoms with E-state index in [0.717, 1.165) is 24.2 Å². The molecule has 1 saturated carbocycles. The van der Waals surface area contributed by atoms with Crippen LogP contribution in [-0.4, -0.2) is 26.9 Å². The summed E-state index contributed by atoms with van der Waals surface area (Å²) in [5, 5.41) is 8.54. The summed E-state index contributed by atoms with van der Waals surface area (Å²) in [6.45, 7) is 3.84. The number of rotatable bonds is 4. The summed E-state index contributed by atoms with van der Waals surface area (Å²) in [4.78, 5) is 25.2. The average molecular weight is 331 g/mol. The molecule has 0 unspecified atom stereocenters. The van der Waals surface area contributed by atoms with E-state index in [0.29, 0.717) is 16.8 Å². The highest BCUT2D eigenvalue weighted by atomic mass is 32.1.